The summed E-state index contributed by atoms with van der Waals surface area (Å²) < 4.78 is 5.18. The second-order valence-electron chi connectivity index (χ2n) is 7.66. The van der Waals surface area contributed by atoms with Gasteiger partial charge >= 0.3 is 0 Å². The Labute approximate surface area is 173 Å². The molecule has 29 heavy (non-hydrogen) atoms. The van der Waals surface area contributed by atoms with Crippen molar-refractivity contribution in [1.82, 2.24) is 9.80 Å². The number of nitrogens with zero attached hydrogens (tertiary/aromatic N) is 2. The molecule has 1 heterocycles. The Morgan fingerprint density at radius 2 is 1.69 bits per heavy atom. The molecule has 2 aromatic rings. The Bertz CT molecular complexity index is 740. The van der Waals surface area contributed by atoms with Crippen molar-refractivity contribution in [3.63, 3.8) is 0 Å². The molecule has 0 aromatic heterocycles. The Balaban J connectivity index is 1.32. The van der Waals surface area contributed by atoms with Gasteiger partial charge in [-0.2, -0.15) is 0 Å². The summed E-state index contributed by atoms with van der Waals surface area (Å²) in [6, 6.07) is 17.9. The van der Waals surface area contributed by atoms with E-state index in [1.165, 1.54) is 5.56 Å². The number of aliphatic hydroxyl groups excluding tert-OH is 1. The molecule has 5 heteroatoms. The minimum Gasteiger partial charge on any atom is -0.497 e. The van der Waals surface area contributed by atoms with Crippen LogP contribution in [0.4, 0.5) is 0 Å². The van der Waals surface area contributed by atoms with Crippen molar-refractivity contribution in [2.75, 3.05) is 39.8 Å². The van der Waals surface area contributed by atoms with Gasteiger partial charge in [-0.15, -0.1) is 0 Å². The molecule has 0 aliphatic carbocycles. The smallest absolute Gasteiger partial charge is 0.222 e. The van der Waals surface area contributed by atoms with E-state index in [-0.39, 0.29) is 5.91 Å². The van der Waals surface area contributed by atoms with E-state index < -0.39 is 6.10 Å². The molecule has 1 N–H and O–H groups in total. The van der Waals surface area contributed by atoms with E-state index in [4.69, 9.17) is 4.74 Å². The van der Waals surface area contributed by atoms with Gasteiger partial charge in [0.25, 0.3) is 0 Å². The highest BCUT2D eigenvalue weighted by Gasteiger charge is 2.22. The van der Waals surface area contributed by atoms with E-state index >= 15 is 0 Å². The highest BCUT2D eigenvalue weighted by molar-refractivity contribution is 5.76. The van der Waals surface area contributed by atoms with Crippen molar-refractivity contribution in [1.29, 1.82) is 0 Å². The van der Waals surface area contributed by atoms with Crippen molar-refractivity contribution >= 4 is 5.91 Å². The number of carbonyl (C=O) groups is 1. The molecule has 156 valence electrons. The Morgan fingerprint density at radius 1 is 1.00 bits per heavy atom. The molecular weight excluding hydrogens is 364 g/mol. The molecule has 5 nitrogen and oxygen atoms in total. The van der Waals surface area contributed by atoms with E-state index in [9.17, 15) is 9.90 Å². The number of rotatable bonds is 9. The highest BCUT2D eigenvalue weighted by Crippen LogP contribution is 2.16. The first-order valence-electron chi connectivity index (χ1n) is 10.5. The SMILES string of the molecule is COc1ccc(CCCCC(=O)N2CCN(CC(O)c3ccccc3)CC2)cc1. The number of benzene rings is 2. The lowest BCUT2D eigenvalue weighted by Gasteiger charge is -2.35. The van der Waals surface area contributed by atoms with E-state index in [0.717, 1.165) is 56.8 Å². The topological polar surface area (TPSA) is 53.0 Å². The fourth-order valence-corrected chi connectivity index (χ4v) is 3.76. The molecule has 0 bridgehead atoms. The minimum atomic E-state index is -0.476. The molecule has 0 radical (unpaired) electrons. The van der Waals surface area contributed by atoms with Crippen LogP contribution in [0.25, 0.3) is 0 Å². The van der Waals surface area contributed by atoms with E-state index in [2.05, 4.69) is 17.0 Å². The standard InChI is InChI=1S/C24H32N2O3/c1-29-22-13-11-20(12-14-22)7-5-6-10-24(28)26-17-15-25(16-18-26)19-23(27)21-8-3-2-4-9-21/h2-4,8-9,11-14,23,27H,5-7,10,15-19H2,1H3. The fourth-order valence-electron chi connectivity index (χ4n) is 3.76. The van der Waals surface area contributed by atoms with Crippen molar-refractivity contribution in [2.45, 2.75) is 31.8 Å². The van der Waals surface area contributed by atoms with E-state index in [1.54, 1.807) is 7.11 Å². The lowest BCUT2D eigenvalue weighted by atomic mass is 10.1. The molecule has 1 aliphatic rings. The molecule has 2 aromatic carbocycles. The largest absolute Gasteiger partial charge is 0.497 e. The summed E-state index contributed by atoms with van der Waals surface area (Å²) in [6.07, 6.45) is 3.06. The fraction of sp³-hybridized carbons (Fsp3) is 0.458. The number of unbranched alkanes of at least 4 members (excludes halogenated alkanes) is 1. The number of piperazine rings is 1. The van der Waals surface area contributed by atoms with Crippen molar-refractivity contribution in [3.05, 3.63) is 65.7 Å². The third-order valence-corrected chi connectivity index (χ3v) is 5.61. The number of aliphatic hydroxyl groups is 1. The predicted octanol–water partition coefficient (Wildman–Crippen LogP) is 3.29. The van der Waals surface area contributed by atoms with Gasteiger partial charge < -0.3 is 14.7 Å². The first-order valence-corrected chi connectivity index (χ1v) is 10.5. The van der Waals surface area contributed by atoms with Crippen molar-refractivity contribution in [2.24, 2.45) is 0 Å². The number of methoxy groups -OCH3 is 1. The number of β-amino-alcohol motifs (C(OH)–C–C–N with tert-alkyl or cyclic N) is 1. The maximum atomic E-state index is 12.5. The third kappa shape index (κ3) is 6.58. The predicted molar refractivity (Wildman–Crippen MR) is 115 cm³/mol. The van der Waals surface area contributed by atoms with Crippen LogP contribution < -0.4 is 4.74 Å². The van der Waals surface area contributed by atoms with Crippen LogP contribution in [0, 0.1) is 0 Å². The molecule has 1 unspecified atom stereocenters. The molecule has 1 amide bonds. The summed E-state index contributed by atoms with van der Waals surface area (Å²) >= 11 is 0. The summed E-state index contributed by atoms with van der Waals surface area (Å²) in [4.78, 5) is 16.7. The zero-order valence-corrected chi connectivity index (χ0v) is 17.3. The Morgan fingerprint density at radius 3 is 2.34 bits per heavy atom. The normalized spacial score (nSPS) is 15.9. The van der Waals surface area contributed by atoms with Crippen molar-refractivity contribution < 1.29 is 14.6 Å². The lowest BCUT2D eigenvalue weighted by molar-refractivity contribution is -0.133. The molecule has 3 rings (SSSR count). The van der Waals surface area contributed by atoms with Crippen LogP contribution in [-0.2, 0) is 11.2 Å². The molecule has 0 saturated carbocycles. The number of hydrogen-bond acceptors (Lipinski definition) is 4. The summed E-state index contributed by atoms with van der Waals surface area (Å²) in [6.45, 7) is 3.76. The van der Waals surface area contributed by atoms with Crippen molar-refractivity contribution in [3.8, 4) is 5.75 Å². The zero-order valence-electron chi connectivity index (χ0n) is 17.3. The van der Waals surface area contributed by atoms with Gasteiger partial charge in [-0.05, 0) is 42.5 Å². The average Bonchev–Trinajstić information content (AvgIpc) is 2.78. The maximum absolute atomic E-state index is 12.5. The molecule has 1 saturated heterocycles. The third-order valence-electron chi connectivity index (χ3n) is 5.61. The van der Waals surface area contributed by atoms with Crippen LogP contribution >= 0.6 is 0 Å². The summed E-state index contributed by atoms with van der Waals surface area (Å²) in [5.41, 5.74) is 2.23. The Kier molecular flexibility index (Phi) is 8.08. The van der Waals surface area contributed by atoms with Gasteiger partial charge in [-0.3, -0.25) is 9.69 Å². The number of ether oxygens (including phenoxy) is 1. The van der Waals surface area contributed by atoms with Crippen LogP contribution in [0.3, 0.4) is 0 Å². The summed E-state index contributed by atoms with van der Waals surface area (Å²) in [5.74, 6) is 1.13. The van der Waals surface area contributed by atoms with Crippen LogP contribution in [0.15, 0.2) is 54.6 Å². The lowest BCUT2D eigenvalue weighted by Crippen LogP contribution is -2.49. The number of aryl methyl sites for hydroxylation is 1. The van der Waals surface area contributed by atoms with Gasteiger partial charge in [-0.25, -0.2) is 0 Å². The van der Waals surface area contributed by atoms with Gasteiger partial charge in [0.1, 0.15) is 5.75 Å². The first-order chi connectivity index (χ1) is 14.2. The van der Waals surface area contributed by atoms with Gasteiger partial charge in [0.05, 0.1) is 13.2 Å². The summed E-state index contributed by atoms with van der Waals surface area (Å²) in [7, 11) is 1.67. The quantitative estimate of drug-likeness (QED) is 0.661. The molecule has 1 atom stereocenters. The maximum Gasteiger partial charge on any atom is 0.222 e. The molecule has 1 aliphatic heterocycles. The van der Waals surface area contributed by atoms with Crippen LogP contribution in [-0.4, -0.2) is 60.6 Å². The summed E-state index contributed by atoms with van der Waals surface area (Å²) in [5, 5.41) is 10.4. The number of carbonyl (C=O) groups excluding carboxylic acids is 1. The molecule has 0 spiro atoms. The second-order valence-corrected chi connectivity index (χ2v) is 7.66. The van der Waals surface area contributed by atoms with Gasteiger partial charge in [0, 0.05) is 39.1 Å². The van der Waals surface area contributed by atoms with E-state index in [1.807, 2.05) is 47.4 Å². The number of amides is 1. The minimum absolute atomic E-state index is 0.253. The van der Waals surface area contributed by atoms with Crippen LogP contribution in [0.2, 0.25) is 0 Å². The zero-order chi connectivity index (χ0) is 20.5. The highest BCUT2D eigenvalue weighted by atomic mass is 16.5. The molecular formula is C24H32N2O3. The first kappa shape index (κ1) is 21.3. The van der Waals surface area contributed by atoms with E-state index in [0.29, 0.717) is 13.0 Å². The Hall–Kier alpha value is -2.37. The van der Waals surface area contributed by atoms with Crippen LogP contribution in [0.1, 0.15) is 36.5 Å². The van der Waals surface area contributed by atoms with Gasteiger partial charge in [0.2, 0.25) is 5.91 Å². The molecule has 1 fully saturated rings. The average molecular weight is 397 g/mol. The van der Waals surface area contributed by atoms with Gasteiger partial charge in [0.15, 0.2) is 0 Å². The number of hydrogen-bond donors (Lipinski definition) is 1. The monoisotopic (exact) mass is 396 g/mol. The van der Waals surface area contributed by atoms with Crippen LogP contribution in [0.5, 0.6) is 5.75 Å². The second kappa shape index (κ2) is 11.0. The van der Waals surface area contributed by atoms with Gasteiger partial charge in [-0.1, -0.05) is 42.5 Å².